The predicted molar refractivity (Wildman–Crippen MR) is 125 cm³/mol. The molecule has 3 heterocycles. The molecule has 0 saturated heterocycles. The molecule has 1 N–H and O–H groups in total. The van der Waals surface area contributed by atoms with Gasteiger partial charge in [-0.15, -0.1) is 0 Å². The van der Waals surface area contributed by atoms with Gasteiger partial charge in [0.1, 0.15) is 11.3 Å². The first-order chi connectivity index (χ1) is 16.5. The van der Waals surface area contributed by atoms with E-state index in [0.29, 0.717) is 11.3 Å². The lowest BCUT2D eigenvalue weighted by atomic mass is 10.1. The van der Waals surface area contributed by atoms with E-state index in [0.717, 1.165) is 15.8 Å². The Balaban J connectivity index is 1.44. The van der Waals surface area contributed by atoms with Crippen molar-refractivity contribution in [2.75, 3.05) is 0 Å². The molecule has 1 unspecified atom stereocenters. The molecule has 5 rings (SSSR count). The molecule has 34 heavy (non-hydrogen) atoms. The van der Waals surface area contributed by atoms with E-state index in [1.807, 2.05) is 66.3 Å². The van der Waals surface area contributed by atoms with Crippen LogP contribution in [0.5, 0.6) is 0 Å². The van der Waals surface area contributed by atoms with Gasteiger partial charge in [0.2, 0.25) is 0 Å². The molecular formula is C26H21F2N5O. The molecule has 0 spiro atoms. The van der Waals surface area contributed by atoms with Crippen LogP contribution in [0.3, 0.4) is 0 Å². The van der Waals surface area contributed by atoms with Gasteiger partial charge >= 0.3 is 0 Å². The smallest absolute Gasteiger partial charge is 0.280 e. The first kappa shape index (κ1) is 21.5. The second-order valence-corrected chi connectivity index (χ2v) is 7.90. The quantitative estimate of drug-likeness (QED) is 0.360. The van der Waals surface area contributed by atoms with Crippen molar-refractivity contribution in [2.24, 2.45) is 0 Å². The van der Waals surface area contributed by atoms with Crippen molar-refractivity contribution in [3.05, 3.63) is 108 Å². The lowest BCUT2D eigenvalue weighted by Crippen LogP contribution is -2.26. The van der Waals surface area contributed by atoms with Crippen LogP contribution in [-0.4, -0.2) is 25.1 Å². The van der Waals surface area contributed by atoms with E-state index >= 15 is 0 Å². The number of amides is 1. The van der Waals surface area contributed by atoms with Gasteiger partial charge in [-0.2, -0.15) is 5.10 Å². The van der Waals surface area contributed by atoms with Crippen LogP contribution in [0.25, 0.3) is 22.6 Å². The average Bonchev–Trinajstić information content (AvgIpc) is 3.54. The van der Waals surface area contributed by atoms with Crippen LogP contribution < -0.4 is 5.32 Å². The molecule has 3 aromatic heterocycles. The highest BCUT2D eigenvalue weighted by Gasteiger charge is 2.22. The Kier molecular flexibility index (Phi) is 5.63. The second-order valence-electron chi connectivity index (χ2n) is 7.90. The number of nitrogens with zero attached hydrogens (tertiary/aromatic N) is 4. The van der Waals surface area contributed by atoms with Gasteiger partial charge in [0.15, 0.2) is 5.65 Å². The Morgan fingerprint density at radius 2 is 1.68 bits per heavy atom. The minimum Gasteiger partial charge on any atom is -0.345 e. The van der Waals surface area contributed by atoms with E-state index in [-0.39, 0.29) is 22.9 Å². The largest absolute Gasteiger partial charge is 0.345 e. The highest BCUT2D eigenvalue weighted by molar-refractivity contribution is 6.00. The molecular weight excluding hydrogens is 436 g/mol. The number of hydrogen-bond donors (Lipinski definition) is 1. The van der Waals surface area contributed by atoms with Crippen molar-refractivity contribution < 1.29 is 13.6 Å². The van der Waals surface area contributed by atoms with Gasteiger partial charge < -0.3 is 9.88 Å². The summed E-state index contributed by atoms with van der Waals surface area (Å²) in [4.78, 5) is 17.6. The van der Waals surface area contributed by atoms with Crippen LogP contribution >= 0.6 is 0 Å². The van der Waals surface area contributed by atoms with Gasteiger partial charge in [-0.1, -0.05) is 42.5 Å². The third-order valence-corrected chi connectivity index (χ3v) is 5.68. The number of aromatic nitrogens is 4. The average molecular weight is 457 g/mol. The minimum absolute atomic E-state index is 0.0873. The second kappa shape index (κ2) is 8.90. The summed E-state index contributed by atoms with van der Waals surface area (Å²) in [6.45, 7) is 1.86. The number of rotatable bonds is 6. The summed E-state index contributed by atoms with van der Waals surface area (Å²) in [5.41, 5.74) is 2.84. The first-order valence-corrected chi connectivity index (χ1v) is 10.8. The molecule has 0 fully saturated rings. The van der Waals surface area contributed by atoms with Gasteiger partial charge in [0.25, 0.3) is 12.3 Å². The zero-order valence-electron chi connectivity index (χ0n) is 18.3. The Morgan fingerprint density at radius 1 is 0.971 bits per heavy atom. The standard InChI is InChI=1S/C26H21F2N5O/c1-17(18-9-11-20(12-10-18)32-13-5-6-14-32)30-26(34)21-16-29-33-23(24(27)28)15-22(31-25(21)33)19-7-3-2-4-8-19/h2-17,24H,1H3,(H,30,34). The van der Waals surface area contributed by atoms with Crippen molar-refractivity contribution in [3.63, 3.8) is 0 Å². The highest BCUT2D eigenvalue weighted by Crippen LogP contribution is 2.27. The normalized spacial score (nSPS) is 12.2. The van der Waals surface area contributed by atoms with Crippen molar-refractivity contribution >= 4 is 11.6 Å². The summed E-state index contributed by atoms with van der Waals surface area (Å²) in [5, 5.41) is 6.95. The van der Waals surface area contributed by atoms with E-state index in [1.54, 1.807) is 24.3 Å². The van der Waals surface area contributed by atoms with Crippen molar-refractivity contribution in [1.82, 2.24) is 24.5 Å². The van der Waals surface area contributed by atoms with E-state index in [4.69, 9.17) is 0 Å². The van der Waals surface area contributed by atoms with E-state index in [9.17, 15) is 13.6 Å². The van der Waals surface area contributed by atoms with Crippen LogP contribution in [0.2, 0.25) is 0 Å². The summed E-state index contributed by atoms with van der Waals surface area (Å²) in [6.07, 6.45) is 2.41. The lowest BCUT2D eigenvalue weighted by Gasteiger charge is -2.15. The number of carbonyl (C=O) groups is 1. The zero-order chi connectivity index (χ0) is 23.7. The van der Waals surface area contributed by atoms with Crippen molar-refractivity contribution in [1.29, 1.82) is 0 Å². The van der Waals surface area contributed by atoms with Gasteiger partial charge in [-0.25, -0.2) is 18.3 Å². The highest BCUT2D eigenvalue weighted by atomic mass is 19.3. The summed E-state index contributed by atoms with van der Waals surface area (Å²) >= 11 is 0. The SMILES string of the molecule is CC(NC(=O)c1cnn2c(C(F)F)cc(-c3ccccc3)nc12)c1ccc(-n2cccc2)cc1. The monoisotopic (exact) mass is 457 g/mol. The Morgan fingerprint density at radius 3 is 2.35 bits per heavy atom. The van der Waals surface area contributed by atoms with Crippen molar-refractivity contribution in [3.8, 4) is 16.9 Å². The summed E-state index contributed by atoms with van der Waals surface area (Å²) in [7, 11) is 0. The Hall–Kier alpha value is -4.33. The fourth-order valence-electron chi connectivity index (χ4n) is 3.86. The number of nitrogens with one attached hydrogen (secondary N) is 1. The maximum Gasteiger partial charge on any atom is 0.280 e. The fraction of sp³-hybridized carbons (Fsp3) is 0.115. The first-order valence-electron chi connectivity index (χ1n) is 10.8. The molecule has 0 aliphatic heterocycles. The van der Waals surface area contributed by atoms with Gasteiger partial charge in [0, 0.05) is 23.6 Å². The zero-order valence-corrected chi connectivity index (χ0v) is 18.3. The molecule has 170 valence electrons. The topological polar surface area (TPSA) is 64.2 Å². The van der Waals surface area contributed by atoms with Gasteiger partial charge in [0.05, 0.1) is 17.9 Å². The third-order valence-electron chi connectivity index (χ3n) is 5.68. The Bertz CT molecular complexity index is 1430. The number of carbonyl (C=O) groups excluding carboxylic acids is 1. The van der Waals surface area contributed by atoms with Crippen LogP contribution in [0, 0.1) is 0 Å². The van der Waals surface area contributed by atoms with Crippen LogP contribution in [0.4, 0.5) is 8.78 Å². The molecule has 0 aliphatic rings. The number of hydrogen-bond acceptors (Lipinski definition) is 3. The minimum atomic E-state index is -2.78. The molecule has 1 amide bonds. The molecule has 2 aromatic carbocycles. The summed E-state index contributed by atoms with van der Waals surface area (Å²) < 4.78 is 30.6. The lowest BCUT2D eigenvalue weighted by molar-refractivity contribution is 0.0941. The predicted octanol–water partition coefficient (Wildman–Crippen LogP) is 5.62. The number of fused-ring (bicyclic) bond motifs is 1. The van der Waals surface area contributed by atoms with Crippen molar-refractivity contribution in [2.45, 2.75) is 19.4 Å². The van der Waals surface area contributed by atoms with Gasteiger partial charge in [-0.3, -0.25) is 4.79 Å². The maximum absolute atomic E-state index is 13.8. The van der Waals surface area contributed by atoms with E-state index in [1.165, 1.54) is 12.3 Å². The molecule has 6 nitrogen and oxygen atoms in total. The molecule has 0 saturated carbocycles. The number of benzene rings is 2. The molecule has 8 heteroatoms. The number of halogens is 2. The number of alkyl halides is 2. The fourth-order valence-corrected chi connectivity index (χ4v) is 3.86. The Labute approximate surface area is 194 Å². The molecule has 1 atom stereocenters. The summed E-state index contributed by atoms with van der Waals surface area (Å²) in [6, 6.07) is 21.7. The van der Waals surface area contributed by atoms with Crippen LogP contribution in [0.1, 0.15) is 41.0 Å². The molecule has 0 radical (unpaired) electrons. The maximum atomic E-state index is 13.8. The molecule has 5 aromatic rings. The van der Waals surface area contributed by atoms with Gasteiger partial charge in [-0.05, 0) is 42.8 Å². The van der Waals surface area contributed by atoms with Crippen LogP contribution in [-0.2, 0) is 0 Å². The summed E-state index contributed by atoms with van der Waals surface area (Å²) in [5.74, 6) is -0.435. The van der Waals surface area contributed by atoms with E-state index < -0.39 is 12.3 Å². The molecule has 0 bridgehead atoms. The van der Waals surface area contributed by atoms with E-state index in [2.05, 4.69) is 15.4 Å². The third kappa shape index (κ3) is 4.05. The van der Waals surface area contributed by atoms with Crippen LogP contribution in [0.15, 0.2) is 91.4 Å². The molecule has 0 aliphatic carbocycles.